The molecule has 1 saturated heterocycles. The lowest BCUT2D eigenvalue weighted by Gasteiger charge is -2.40. The lowest BCUT2D eigenvalue weighted by molar-refractivity contribution is -0.0614. The van der Waals surface area contributed by atoms with Crippen LogP contribution in [0.5, 0.6) is 0 Å². The van der Waals surface area contributed by atoms with Crippen molar-refractivity contribution < 1.29 is 4.74 Å². The molecule has 1 aliphatic heterocycles. The van der Waals surface area contributed by atoms with Gasteiger partial charge in [-0.15, -0.1) is 0 Å². The Morgan fingerprint density at radius 2 is 2.12 bits per heavy atom. The third-order valence-electron chi connectivity index (χ3n) is 3.66. The fourth-order valence-corrected chi connectivity index (χ4v) is 3.20. The van der Waals surface area contributed by atoms with Gasteiger partial charge in [0.1, 0.15) is 0 Å². The van der Waals surface area contributed by atoms with Crippen molar-refractivity contribution >= 4 is 15.9 Å². The summed E-state index contributed by atoms with van der Waals surface area (Å²) < 4.78 is 5.73. The molecule has 3 atom stereocenters. The molecular formula is C13H26BrNO. The van der Waals surface area contributed by atoms with E-state index in [0.29, 0.717) is 12.1 Å². The lowest BCUT2D eigenvalue weighted by Crippen LogP contribution is -2.50. The second kappa shape index (κ2) is 6.97. The Labute approximate surface area is 109 Å². The van der Waals surface area contributed by atoms with Crippen molar-refractivity contribution in [2.45, 2.75) is 46.3 Å². The van der Waals surface area contributed by atoms with Gasteiger partial charge in [0.2, 0.25) is 0 Å². The zero-order valence-corrected chi connectivity index (χ0v) is 12.7. The van der Waals surface area contributed by atoms with E-state index in [1.165, 1.54) is 13.0 Å². The largest absolute Gasteiger partial charge is 0.376 e. The first-order valence-corrected chi connectivity index (χ1v) is 7.62. The highest BCUT2D eigenvalue weighted by Gasteiger charge is 2.27. The van der Waals surface area contributed by atoms with Gasteiger partial charge in [-0.3, -0.25) is 4.90 Å². The molecule has 0 N–H and O–H groups in total. The summed E-state index contributed by atoms with van der Waals surface area (Å²) in [7, 11) is 0. The van der Waals surface area contributed by atoms with Gasteiger partial charge in [-0.25, -0.2) is 0 Å². The Morgan fingerprint density at radius 3 is 2.62 bits per heavy atom. The maximum absolute atomic E-state index is 5.73. The van der Waals surface area contributed by atoms with E-state index in [4.69, 9.17) is 4.74 Å². The van der Waals surface area contributed by atoms with Crippen molar-refractivity contribution in [3.63, 3.8) is 0 Å². The molecule has 1 aliphatic rings. The summed E-state index contributed by atoms with van der Waals surface area (Å²) in [5.41, 5.74) is 0. The minimum Gasteiger partial charge on any atom is -0.376 e. The third kappa shape index (κ3) is 4.01. The summed E-state index contributed by atoms with van der Waals surface area (Å²) in [4.78, 5) is 2.63. The number of nitrogens with zero attached hydrogens (tertiary/aromatic N) is 1. The summed E-state index contributed by atoms with van der Waals surface area (Å²) in [6.07, 6.45) is 1.59. The smallest absolute Gasteiger partial charge is 0.0674 e. The number of halogens is 1. The van der Waals surface area contributed by atoms with Crippen LogP contribution in [-0.2, 0) is 4.74 Å². The van der Waals surface area contributed by atoms with E-state index in [1.54, 1.807) is 0 Å². The molecule has 0 aliphatic carbocycles. The summed E-state index contributed by atoms with van der Waals surface area (Å²) in [6.45, 7) is 12.3. The van der Waals surface area contributed by atoms with Gasteiger partial charge in [-0.1, -0.05) is 36.7 Å². The summed E-state index contributed by atoms with van der Waals surface area (Å²) in [6, 6.07) is 0.622. The zero-order valence-electron chi connectivity index (χ0n) is 11.1. The summed E-state index contributed by atoms with van der Waals surface area (Å²) >= 11 is 3.64. The van der Waals surface area contributed by atoms with Crippen molar-refractivity contribution in [3.05, 3.63) is 0 Å². The molecule has 2 nitrogen and oxygen atoms in total. The molecule has 96 valence electrons. The van der Waals surface area contributed by atoms with Crippen LogP contribution in [0.2, 0.25) is 0 Å². The number of hydrogen-bond acceptors (Lipinski definition) is 2. The predicted molar refractivity (Wildman–Crippen MR) is 73.2 cm³/mol. The monoisotopic (exact) mass is 291 g/mol. The molecule has 16 heavy (non-hydrogen) atoms. The third-order valence-corrected chi connectivity index (χ3v) is 4.49. The van der Waals surface area contributed by atoms with Crippen LogP contribution in [0.25, 0.3) is 0 Å². The SMILES string of the molecule is CCC1COC(C)CN1CC(CBr)C(C)C. The van der Waals surface area contributed by atoms with E-state index in [1.807, 2.05) is 0 Å². The van der Waals surface area contributed by atoms with E-state index in [2.05, 4.69) is 48.5 Å². The average molecular weight is 292 g/mol. The van der Waals surface area contributed by atoms with E-state index in [0.717, 1.165) is 30.3 Å². The van der Waals surface area contributed by atoms with Crippen molar-refractivity contribution in [1.29, 1.82) is 0 Å². The fraction of sp³-hybridized carbons (Fsp3) is 1.00. The van der Waals surface area contributed by atoms with Gasteiger partial charge in [-0.2, -0.15) is 0 Å². The van der Waals surface area contributed by atoms with E-state index in [-0.39, 0.29) is 0 Å². The molecule has 1 rings (SSSR count). The second-order valence-electron chi connectivity index (χ2n) is 5.32. The minimum atomic E-state index is 0.394. The molecular weight excluding hydrogens is 266 g/mol. The fourth-order valence-electron chi connectivity index (χ4n) is 2.25. The Bertz CT molecular complexity index is 196. The van der Waals surface area contributed by atoms with Gasteiger partial charge in [-0.05, 0) is 25.2 Å². The van der Waals surface area contributed by atoms with Crippen LogP contribution in [0.15, 0.2) is 0 Å². The first-order chi connectivity index (χ1) is 7.58. The molecule has 0 radical (unpaired) electrons. The van der Waals surface area contributed by atoms with E-state index in [9.17, 15) is 0 Å². The molecule has 0 spiro atoms. The first-order valence-electron chi connectivity index (χ1n) is 6.50. The molecule has 0 aromatic rings. The number of ether oxygens (including phenoxy) is 1. The second-order valence-corrected chi connectivity index (χ2v) is 5.97. The van der Waals surface area contributed by atoms with Crippen LogP contribution < -0.4 is 0 Å². The highest BCUT2D eigenvalue weighted by molar-refractivity contribution is 9.09. The Kier molecular flexibility index (Phi) is 6.30. The number of alkyl halides is 1. The molecule has 3 heteroatoms. The standard InChI is InChI=1S/C13H26BrNO/c1-5-13-9-16-11(4)7-15(13)8-12(6-14)10(2)3/h10-13H,5-9H2,1-4H3. The highest BCUT2D eigenvalue weighted by atomic mass is 79.9. The molecule has 0 aromatic carbocycles. The Balaban J connectivity index is 2.53. The van der Waals surface area contributed by atoms with Gasteiger partial charge in [0, 0.05) is 24.5 Å². The number of hydrogen-bond donors (Lipinski definition) is 0. The molecule has 0 amide bonds. The summed E-state index contributed by atoms with van der Waals surface area (Å²) in [5.74, 6) is 1.49. The van der Waals surface area contributed by atoms with E-state index >= 15 is 0 Å². The van der Waals surface area contributed by atoms with Gasteiger partial charge >= 0.3 is 0 Å². The first kappa shape index (κ1) is 14.5. The molecule has 0 bridgehead atoms. The van der Waals surface area contributed by atoms with Crippen LogP contribution in [0.3, 0.4) is 0 Å². The topological polar surface area (TPSA) is 12.5 Å². The van der Waals surface area contributed by atoms with Crippen molar-refractivity contribution in [3.8, 4) is 0 Å². The zero-order chi connectivity index (χ0) is 12.1. The van der Waals surface area contributed by atoms with Crippen LogP contribution in [0, 0.1) is 11.8 Å². The van der Waals surface area contributed by atoms with Crippen LogP contribution in [-0.4, -0.2) is 42.1 Å². The average Bonchev–Trinajstić information content (AvgIpc) is 2.25. The normalized spacial score (nSPS) is 29.6. The maximum Gasteiger partial charge on any atom is 0.0674 e. The van der Waals surface area contributed by atoms with Crippen LogP contribution >= 0.6 is 15.9 Å². The minimum absolute atomic E-state index is 0.394. The quantitative estimate of drug-likeness (QED) is 0.722. The van der Waals surface area contributed by atoms with Crippen molar-refractivity contribution in [2.24, 2.45) is 11.8 Å². The molecule has 1 fully saturated rings. The van der Waals surface area contributed by atoms with Crippen LogP contribution in [0.1, 0.15) is 34.1 Å². The molecule has 3 unspecified atom stereocenters. The molecule has 0 saturated carbocycles. The Hall–Kier alpha value is 0.400. The number of morpholine rings is 1. The number of rotatable bonds is 5. The summed E-state index contributed by atoms with van der Waals surface area (Å²) in [5, 5.41) is 1.10. The van der Waals surface area contributed by atoms with Crippen molar-refractivity contribution in [2.75, 3.05) is 25.0 Å². The molecule has 0 aromatic heterocycles. The highest BCUT2D eigenvalue weighted by Crippen LogP contribution is 2.21. The Morgan fingerprint density at radius 1 is 1.44 bits per heavy atom. The van der Waals surface area contributed by atoms with E-state index < -0.39 is 0 Å². The molecule has 1 heterocycles. The van der Waals surface area contributed by atoms with Gasteiger partial charge in [0.05, 0.1) is 12.7 Å². The maximum atomic E-state index is 5.73. The van der Waals surface area contributed by atoms with Gasteiger partial charge in [0.25, 0.3) is 0 Å². The van der Waals surface area contributed by atoms with Gasteiger partial charge < -0.3 is 4.74 Å². The predicted octanol–water partition coefficient (Wildman–Crippen LogP) is 3.15. The van der Waals surface area contributed by atoms with Crippen molar-refractivity contribution in [1.82, 2.24) is 4.90 Å². The lowest BCUT2D eigenvalue weighted by atomic mass is 9.96. The van der Waals surface area contributed by atoms with Gasteiger partial charge in [0.15, 0.2) is 0 Å². The van der Waals surface area contributed by atoms with Crippen LogP contribution in [0.4, 0.5) is 0 Å².